The van der Waals surface area contributed by atoms with Crippen molar-refractivity contribution in [3.05, 3.63) is 53.0 Å². The summed E-state index contributed by atoms with van der Waals surface area (Å²) in [5.74, 6) is 0.933. The van der Waals surface area contributed by atoms with Crippen molar-refractivity contribution in [2.45, 2.75) is 31.7 Å². The normalized spacial score (nSPS) is 16.5. The van der Waals surface area contributed by atoms with E-state index in [1.807, 2.05) is 4.90 Å². The lowest BCUT2D eigenvalue weighted by Crippen LogP contribution is -2.33. The Kier molecular flexibility index (Phi) is 4.06. The Bertz CT molecular complexity index is 836. The largest absolute Gasteiger partial charge is 0.367 e. The van der Waals surface area contributed by atoms with Gasteiger partial charge >= 0.3 is 0 Å². The molecule has 1 amide bonds. The number of benzene rings is 1. The molecule has 0 radical (unpaired) electrons. The van der Waals surface area contributed by atoms with E-state index in [2.05, 4.69) is 21.4 Å². The average molecular weight is 333 g/mol. The van der Waals surface area contributed by atoms with Crippen molar-refractivity contribution < 1.29 is 4.79 Å². The van der Waals surface area contributed by atoms with Gasteiger partial charge in [-0.2, -0.15) is 5.26 Å². The molecule has 6 heteroatoms. The second-order valence-electron chi connectivity index (χ2n) is 6.55. The Morgan fingerprint density at radius 1 is 1.16 bits per heavy atom. The van der Waals surface area contributed by atoms with Gasteiger partial charge in [-0.3, -0.25) is 4.79 Å². The molecule has 1 fully saturated rings. The molecule has 4 rings (SSSR count). The van der Waals surface area contributed by atoms with Crippen molar-refractivity contribution in [1.82, 2.24) is 14.9 Å². The van der Waals surface area contributed by atoms with E-state index >= 15 is 0 Å². The first-order chi connectivity index (χ1) is 12.2. The summed E-state index contributed by atoms with van der Waals surface area (Å²) in [5, 5.41) is 12.4. The molecule has 0 saturated heterocycles. The van der Waals surface area contributed by atoms with Crippen LogP contribution in [0.15, 0.2) is 30.6 Å². The fourth-order valence-electron chi connectivity index (χ4n) is 3.14. The quantitative estimate of drug-likeness (QED) is 0.931. The van der Waals surface area contributed by atoms with Crippen LogP contribution in [-0.2, 0) is 12.8 Å². The number of carbonyl (C=O) groups excluding carboxylic acids is 1. The molecule has 1 saturated carbocycles. The van der Waals surface area contributed by atoms with Crippen LogP contribution in [0.5, 0.6) is 0 Å². The third-order valence-corrected chi connectivity index (χ3v) is 4.75. The third kappa shape index (κ3) is 3.31. The molecule has 0 bridgehead atoms. The Hall–Kier alpha value is -2.94. The average Bonchev–Trinajstić information content (AvgIpc) is 3.48. The number of hydrogen-bond donors (Lipinski definition) is 1. The fourth-order valence-corrected chi connectivity index (χ4v) is 3.14. The van der Waals surface area contributed by atoms with Gasteiger partial charge in [0.2, 0.25) is 0 Å². The summed E-state index contributed by atoms with van der Waals surface area (Å²) in [6.45, 7) is 1.30. The van der Waals surface area contributed by atoms with Gasteiger partial charge in [-0.15, -0.1) is 0 Å². The molecule has 1 aliphatic heterocycles. The van der Waals surface area contributed by atoms with Crippen molar-refractivity contribution in [3.63, 3.8) is 0 Å². The first-order valence-electron chi connectivity index (χ1n) is 8.63. The smallest absolute Gasteiger partial charge is 0.253 e. The fraction of sp³-hybridized carbons (Fsp3) is 0.368. The molecule has 1 aliphatic carbocycles. The summed E-state index contributed by atoms with van der Waals surface area (Å²) in [5.41, 5.74) is 3.36. The summed E-state index contributed by atoms with van der Waals surface area (Å²) < 4.78 is 0. The molecule has 2 aromatic rings. The zero-order valence-corrected chi connectivity index (χ0v) is 13.9. The van der Waals surface area contributed by atoms with Crippen LogP contribution in [-0.4, -0.2) is 39.9 Å². The number of amides is 1. The van der Waals surface area contributed by atoms with Gasteiger partial charge in [0.25, 0.3) is 5.91 Å². The van der Waals surface area contributed by atoms with Crippen LogP contribution in [0.1, 0.15) is 40.0 Å². The van der Waals surface area contributed by atoms with Gasteiger partial charge in [-0.05, 0) is 43.5 Å². The van der Waals surface area contributed by atoms with Crippen LogP contribution < -0.4 is 5.32 Å². The van der Waals surface area contributed by atoms with E-state index in [1.165, 1.54) is 12.8 Å². The number of anilines is 1. The van der Waals surface area contributed by atoms with Crippen LogP contribution in [0.25, 0.3) is 0 Å². The highest BCUT2D eigenvalue weighted by molar-refractivity contribution is 5.94. The molecule has 0 unspecified atom stereocenters. The Labute approximate surface area is 146 Å². The minimum absolute atomic E-state index is 0.00181. The molecule has 0 spiro atoms. The lowest BCUT2D eigenvalue weighted by molar-refractivity contribution is 0.0763. The molecule has 1 N–H and O–H groups in total. The van der Waals surface area contributed by atoms with E-state index in [0.717, 1.165) is 29.9 Å². The molecule has 0 atom stereocenters. The van der Waals surface area contributed by atoms with Gasteiger partial charge in [-0.25, -0.2) is 9.97 Å². The molecule has 126 valence electrons. The summed E-state index contributed by atoms with van der Waals surface area (Å²) in [6, 6.07) is 9.42. The number of fused-ring (bicyclic) bond motifs is 1. The maximum atomic E-state index is 12.8. The highest BCUT2D eigenvalue weighted by atomic mass is 16.2. The van der Waals surface area contributed by atoms with Crippen LogP contribution >= 0.6 is 0 Å². The predicted octanol–water partition coefficient (Wildman–Crippen LogP) is 2.16. The second kappa shape index (κ2) is 6.52. The Morgan fingerprint density at radius 3 is 2.64 bits per heavy atom. The molecule has 2 aliphatic rings. The molecule has 2 heterocycles. The Balaban J connectivity index is 1.51. The molecule has 1 aromatic carbocycles. The minimum atomic E-state index is 0.00181. The zero-order chi connectivity index (χ0) is 17.2. The number of nitriles is 1. The van der Waals surface area contributed by atoms with Crippen LogP contribution in [0.3, 0.4) is 0 Å². The van der Waals surface area contributed by atoms with Crippen molar-refractivity contribution in [2.75, 3.05) is 18.4 Å². The van der Waals surface area contributed by atoms with Crippen molar-refractivity contribution in [2.24, 2.45) is 0 Å². The summed E-state index contributed by atoms with van der Waals surface area (Å²) in [4.78, 5) is 23.5. The van der Waals surface area contributed by atoms with Gasteiger partial charge in [-0.1, -0.05) is 0 Å². The minimum Gasteiger partial charge on any atom is -0.367 e. The van der Waals surface area contributed by atoms with E-state index < -0.39 is 0 Å². The van der Waals surface area contributed by atoms with E-state index in [0.29, 0.717) is 30.3 Å². The standard InChI is InChI=1S/C19H19N5O/c20-11-13-1-3-14(4-2-13)19(25)24-9-7-16-17(8-10-24)21-12-22-18(16)23-15-5-6-15/h1-4,12,15H,5-10H2,(H,21,22,23). The SMILES string of the molecule is N#Cc1ccc(C(=O)N2CCc3ncnc(NC4CC4)c3CC2)cc1. The van der Waals surface area contributed by atoms with Gasteiger partial charge in [0.05, 0.1) is 17.3 Å². The first kappa shape index (κ1) is 15.6. The lowest BCUT2D eigenvalue weighted by Gasteiger charge is -2.20. The van der Waals surface area contributed by atoms with E-state index in [4.69, 9.17) is 5.26 Å². The van der Waals surface area contributed by atoms with E-state index in [-0.39, 0.29) is 5.91 Å². The highest BCUT2D eigenvalue weighted by Gasteiger charge is 2.26. The van der Waals surface area contributed by atoms with E-state index in [1.54, 1.807) is 30.6 Å². The van der Waals surface area contributed by atoms with Gasteiger partial charge < -0.3 is 10.2 Å². The Morgan fingerprint density at radius 2 is 1.92 bits per heavy atom. The zero-order valence-electron chi connectivity index (χ0n) is 13.9. The summed E-state index contributed by atoms with van der Waals surface area (Å²) >= 11 is 0. The predicted molar refractivity (Wildman–Crippen MR) is 93.1 cm³/mol. The maximum Gasteiger partial charge on any atom is 0.253 e. The van der Waals surface area contributed by atoms with Crippen molar-refractivity contribution in [3.8, 4) is 6.07 Å². The van der Waals surface area contributed by atoms with Crippen LogP contribution in [0, 0.1) is 11.3 Å². The number of aromatic nitrogens is 2. The molecular weight excluding hydrogens is 314 g/mol. The number of nitrogens with one attached hydrogen (secondary N) is 1. The second-order valence-corrected chi connectivity index (χ2v) is 6.55. The van der Waals surface area contributed by atoms with Gasteiger partial charge in [0.15, 0.2) is 0 Å². The number of hydrogen-bond acceptors (Lipinski definition) is 5. The van der Waals surface area contributed by atoms with Crippen molar-refractivity contribution >= 4 is 11.7 Å². The third-order valence-electron chi connectivity index (χ3n) is 4.75. The molecule has 1 aromatic heterocycles. The molecule has 25 heavy (non-hydrogen) atoms. The lowest BCUT2D eigenvalue weighted by atomic mass is 10.1. The number of carbonyl (C=O) groups is 1. The van der Waals surface area contributed by atoms with Gasteiger partial charge in [0.1, 0.15) is 12.1 Å². The van der Waals surface area contributed by atoms with E-state index in [9.17, 15) is 4.79 Å². The summed E-state index contributed by atoms with van der Waals surface area (Å²) in [6.07, 6.45) is 5.50. The topological polar surface area (TPSA) is 81.9 Å². The van der Waals surface area contributed by atoms with Crippen LogP contribution in [0.4, 0.5) is 5.82 Å². The molecular formula is C19H19N5O. The maximum absolute atomic E-state index is 12.8. The summed E-state index contributed by atoms with van der Waals surface area (Å²) in [7, 11) is 0. The number of rotatable bonds is 3. The van der Waals surface area contributed by atoms with Gasteiger partial charge in [0, 0.05) is 36.7 Å². The van der Waals surface area contributed by atoms with Crippen LogP contribution in [0.2, 0.25) is 0 Å². The monoisotopic (exact) mass is 333 g/mol. The number of nitrogens with zero attached hydrogens (tertiary/aromatic N) is 4. The molecule has 6 nitrogen and oxygen atoms in total. The van der Waals surface area contributed by atoms with Crippen molar-refractivity contribution in [1.29, 1.82) is 5.26 Å². The highest BCUT2D eigenvalue weighted by Crippen LogP contribution is 2.28. The first-order valence-corrected chi connectivity index (χ1v) is 8.63.